The summed E-state index contributed by atoms with van der Waals surface area (Å²) < 4.78 is 14.5. The number of hydrogen-bond donors (Lipinski definition) is 0. The van der Waals surface area contributed by atoms with Gasteiger partial charge in [0.2, 0.25) is 0 Å². The van der Waals surface area contributed by atoms with Crippen molar-refractivity contribution in [3.8, 4) is 22.9 Å². The van der Waals surface area contributed by atoms with Crippen molar-refractivity contribution >= 4 is 0 Å². The third kappa shape index (κ3) is 3.31. The van der Waals surface area contributed by atoms with Crippen LogP contribution in [-0.4, -0.2) is 44.2 Å². The first-order chi connectivity index (χ1) is 18.8. The fourth-order valence-corrected chi connectivity index (χ4v) is 5.01. The smallest absolute Gasteiger partial charge is 0.122 e. The average molecular weight is 499 g/mol. The lowest BCUT2D eigenvalue weighted by atomic mass is 10.1. The molecule has 184 valence electrons. The van der Waals surface area contributed by atoms with Gasteiger partial charge >= 0.3 is 0 Å². The lowest BCUT2D eigenvalue weighted by Gasteiger charge is -2.05. The molecule has 0 saturated heterocycles. The number of aromatic nitrogens is 6. The zero-order valence-electron chi connectivity index (χ0n) is 20.7. The summed E-state index contributed by atoms with van der Waals surface area (Å²) in [5.74, 6) is 1.56. The van der Waals surface area contributed by atoms with Crippen LogP contribution in [0.4, 0.5) is 0 Å². The van der Waals surface area contributed by atoms with E-state index in [1.807, 2.05) is 82.2 Å². The Labute approximate surface area is 216 Å². The van der Waals surface area contributed by atoms with E-state index >= 15 is 0 Å². The summed E-state index contributed by atoms with van der Waals surface area (Å²) in [7, 11) is 3.31. The quantitative estimate of drug-likeness (QED) is 0.360. The van der Waals surface area contributed by atoms with E-state index in [1.54, 1.807) is 14.2 Å². The molecule has 0 N–H and O–H groups in total. The van der Waals surface area contributed by atoms with Crippen LogP contribution < -0.4 is 9.47 Å². The maximum Gasteiger partial charge on any atom is 0.122 e. The number of benzene rings is 4. The van der Waals surface area contributed by atoms with Crippen molar-refractivity contribution in [1.82, 2.24) is 30.0 Å². The first kappa shape index (κ1) is 22.0. The molecule has 0 atom stereocenters. The lowest BCUT2D eigenvalue weighted by Crippen LogP contribution is -2.00. The normalized spacial score (nSPS) is 15.2. The van der Waals surface area contributed by atoms with E-state index in [0.29, 0.717) is 0 Å². The summed E-state index contributed by atoms with van der Waals surface area (Å²) in [5.41, 5.74) is 1.77. The Hall–Kier alpha value is -5.24. The van der Waals surface area contributed by atoms with Crippen LogP contribution in [0, 0.1) is 42.3 Å². The number of methoxy groups -OCH3 is 2. The molecule has 0 saturated carbocycles. The molecule has 2 aromatic heterocycles. The van der Waals surface area contributed by atoms with Crippen LogP contribution >= 0.6 is 0 Å². The van der Waals surface area contributed by atoms with Crippen LogP contribution in [0.1, 0.15) is 0 Å². The molecule has 8 heteroatoms. The van der Waals surface area contributed by atoms with Gasteiger partial charge in [-0.3, -0.25) is 0 Å². The van der Waals surface area contributed by atoms with Crippen LogP contribution in [0.3, 0.4) is 0 Å². The number of hydrogen-bond acceptors (Lipinski definition) is 6. The number of ether oxygens (including phenoxy) is 2. The largest absolute Gasteiger partial charge is 0.497 e. The van der Waals surface area contributed by atoms with Gasteiger partial charge < -0.3 is 9.47 Å². The summed E-state index contributed by atoms with van der Waals surface area (Å²) >= 11 is 0. The zero-order valence-corrected chi connectivity index (χ0v) is 20.7. The monoisotopic (exact) mass is 498 g/mol. The van der Waals surface area contributed by atoms with E-state index in [4.69, 9.17) is 19.7 Å². The Morgan fingerprint density at radius 2 is 0.842 bits per heavy atom. The highest BCUT2D eigenvalue weighted by Gasteiger charge is 2.12. The van der Waals surface area contributed by atoms with E-state index in [9.17, 15) is 0 Å². The topological polar surface area (TPSA) is 79.9 Å². The fourth-order valence-electron chi connectivity index (χ4n) is 5.01. The molecule has 0 radical (unpaired) electrons. The van der Waals surface area contributed by atoms with Gasteiger partial charge in [0, 0.05) is 20.9 Å². The van der Waals surface area contributed by atoms with Gasteiger partial charge in [-0.05, 0) is 48.5 Å². The van der Waals surface area contributed by atoms with Crippen LogP contribution in [0.25, 0.3) is 11.4 Å². The van der Waals surface area contributed by atoms with Crippen molar-refractivity contribution in [2.45, 2.75) is 0 Å². The summed E-state index contributed by atoms with van der Waals surface area (Å²) in [4.78, 5) is 0. The molecule has 0 amide bonds. The summed E-state index contributed by atoms with van der Waals surface area (Å²) in [6.45, 7) is 0. The summed E-state index contributed by atoms with van der Waals surface area (Å²) in [6.07, 6.45) is 0. The van der Waals surface area contributed by atoms with Crippen LogP contribution in [0.5, 0.6) is 11.5 Å². The van der Waals surface area contributed by atoms with Gasteiger partial charge in [-0.2, -0.15) is 0 Å². The SMILES string of the molecule is COc1ccc(-n2nnc3/c2=c2/cccc/c2=c2\nnn(-c4ccc(OC)cc4)\c2=c2/cccc/c2=3)cc1. The lowest BCUT2D eigenvalue weighted by molar-refractivity contribution is 0.414. The first-order valence-corrected chi connectivity index (χ1v) is 12.2. The predicted molar refractivity (Wildman–Crippen MR) is 139 cm³/mol. The van der Waals surface area contributed by atoms with E-state index in [1.165, 1.54) is 0 Å². The van der Waals surface area contributed by atoms with Crippen molar-refractivity contribution in [2.75, 3.05) is 14.2 Å². The van der Waals surface area contributed by atoms with Gasteiger partial charge in [-0.15, -0.1) is 10.2 Å². The number of rotatable bonds is 4. The Morgan fingerprint density at radius 1 is 0.474 bits per heavy atom. The molecule has 0 bridgehead atoms. The van der Waals surface area contributed by atoms with E-state index in [0.717, 1.165) is 65.1 Å². The maximum absolute atomic E-state index is 5.36. The molecule has 0 fully saturated rings. The van der Waals surface area contributed by atoms with E-state index in [2.05, 4.69) is 34.7 Å². The molecule has 4 aromatic carbocycles. The minimum atomic E-state index is 0.780. The van der Waals surface area contributed by atoms with E-state index in [-0.39, 0.29) is 0 Å². The van der Waals surface area contributed by atoms with Gasteiger partial charge in [0.05, 0.1) is 25.6 Å². The Balaban J connectivity index is 1.74. The molecular weight excluding hydrogens is 476 g/mol. The van der Waals surface area contributed by atoms with Crippen molar-refractivity contribution in [2.24, 2.45) is 0 Å². The fraction of sp³-hybridized carbons (Fsp3) is 0.0667. The highest BCUT2D eigenvalue weighted by molar-refractivity contribution is 5.39. The third-order valence-electron chi connectivity index (χ3n) is 6.85. The number of nitrogens with zero attached hydrogens (tertiary/aromatic N) is 6. The molecular formula is C30H22N6O2. The Morgan fingerprint density at radius 3 is 1.21 bits per heavy atom. The molecule has 38 heavy (non-hydrogen) atoms. The van der Waals surface area contributed by atoms with Crippen molar-refractivity contribution in [1.29, 1.82) is 0 Å². The van der Waals surface area contributed by atoms with Crippen LogP contribution in [-0.2, 0) is 0 Å². The average Bonchev–Trinajstić information content (AvgIpc) is 3.61. The first-order valence-electron chi connectivity index (χ1n) is 12.2. The molecule has 2 heterocycles. The molecule has 1 aliphatic carbocycles. The Kier molecular flexibility index (Phi) is 5.04. The summed E-state index contributed by atoms with van der Waals surface area (Å²) in [5, 5.41) is 25.9. The van der Waals surface area contributed by atoms with Crippen molar-refractivity contribution < 1.29 is 9.47 Å². The molecule has 6 aromatic rings. The van der Waals surface area contributed by atoms with E-state index < -0.39 is 0 Å². The predicted octanol–water partition coefficient (Wildman–Crippen LogP) is 4.33. The number of fused-ring (bicyclic) bond motifs is 4. The van der Waals surface area contributed by atoms with Gasteiger partial charge in [-0.1, -0.05) is 59.0 Å². The highest BCUT2D eigenvalue weighted by Crippen LogP contribution is 2.19. The van der Waals surface area contributed by atoms with Gasteiger partial charge in [0.15, 0.2) is 0 Å². The molecule has 0 unspecified atom stereocenters. The third-order valence-corrected chi connectivity index (χ3v) is 6.85. The van der Waals surface area contributed by atoms with Gasteiger partial charge in [0.25, 0.3) is 0 Å². The van der Waals surface area contributed by atoms with Crippen molar-refractivity contribution in [3.63, 3.8) is 0 Å². The standard InChI is InChI=1S/C30H22N6O2/c1-37-21-15-11-19(12-16-21)35-29-25-9-5-3-7-23(25)28-30(26-10-6-4-8-24(26)27(29)31-33-35)36(34-32-28)20-13-17-22(38-2)18-14-20/h3-18H,1-2H3/b27-24+,28-23+,29-25+,30-26+. The Bertz CT molecular complexity index is 2050. The second-order valence-corrected chi connectivity index (χ2v) is 8.88. The molecule has 0 aliphatic heterocycles. The zero-order chi connectivity index (χ0) is 25.6. The second-order valence-electron chi connectivity index (χ2n) is 8.88. The van der Waals surface area contributed by atoms with Crippen LogP contribution in [0.15, 0.2) is 97.1 Å². The molecule has 1 aliphatic rings. The van der Waals surface area contributed by atoms with Crippen LogP contribution in [0.2, 0.25) is 0 Å². The molecule has 7 rings (SSSR count). The molecule has 8 nitrogen and oxygen atoms in total. The van der Waals surface area contributed by atoms with Gasteiger partial charge in [0.1, 0.15) is 32.9 Å². The maximum atomic E-state index is 5.36. The molecule has 0 spiro atoms. The van der Waals surface area contributed by atoms with Crippen molar-refractivity contribution in [3.05, 3.63) is 139 Å². The minimum absolute atomic E-state index is 0.780. The van der Waals surface area contributed by atoms with Gasteiger partial charge in [-0.25, -0.2) is 9.36 Å². The minimum Gasteiger partial charge on any atom is -0.497 e. The summed E-state index contributed by atoms with van der Waals surface area (Å²) in [6, 6.07) is 32.0. The second kappa shape index (κ2) is 8.70. The highest BCUT2D eigenvalue weighted by atomic mass is 16.5.